The average molecular weight is 272 g/mol. The Bertz CT molecular complexity index is 423. The first-order chi connectivity index (χ1) is 8.51. The van der Waals surface area contributed by atoms with Crippen LogP contribution in [0, 0.1) is 0 Å². The largest absolute Gasteiger partial charge is 0.496 e. The molecule has 0 saturated heterocycles. The lowest BCUT2D eigenvalue weighted by Gasteiger charge is -2.24. The van der Waals surface area contributed by atoms with E-state index in [4.69, 9.17) is 21.4 Å². The van der Waals surface area contributed by atoms with E-state index in [0.29, 0.717) is 23.7 Å². The molecule has 18 heavy (non-hydrogen) atoms. The first-order valence-electron chi connectivity index (χ1n) is 5.75. The fourth-order valence-corrected chi connectivity index (χ4v) is 2.14. The van der Waals surface area contributed by atoms with E-state index in [1.807, 2.05) is 13.0 Å². The molecular formula is C13H18ClNO3. The van der Waals surface area contributed by atoms with Crippen molar-refractivity contribution in [3.8, 4) is 5.75 Å². The van der Waals surface area contributed by atoms with Crippen molar-refractivity contribution in [1.82, 2.24) is 4.90 Å². The molecule has 0 spiro atoms. The van der Waals surface area contributed by atoms with Crippen molar-refractivity contribution in [2.75, 3.05) is 14.2 Å². The van der Waals surface area contributed by atoms with Crippen LogP contribution in [0.15, 0.2) is 18.2 Å². The second kappa shape index (κ2) is 6.61. The van der Waals surface area contributed by atoms with Gasteiger partial charge in [-0.1, -0.05) is 24.6 Å². The highest BCUT2D eigenvalue weighted by atomic mass is 35.5. The summed E-state index contributed by atoms with van der Waals surface area (Å²) >= 11 is 6.13. The first-order valence-corrected chi connectivity index (χ1v) is 6.13. The zero-order chi connectivity index (χ0) is 13.7. The minimum absolute atomic E-state index is 0.438. The number of nitrogens with zero attached hydrogens (tertiary/aromatic N) is 1. The number of carboxylic acids is 1. The van der Waals surface area contributed by atoms with Crippen molar-refractivity contribution in [3.63, 3.8) is 0 Å². The van der Waals surface area contributed by atoms with Crippen LogP contribution in [0.25, 0.3) is 0 Å². The third kappa shape index (κ3) is 3.37. The van der Waals surface area contributed by atoms with E-state index < -0.39 is 12.0 Å². The summed E-state index contributed by atoms with van der Waals surface area (Å²) in [6.07, 6.45) is 0.540. The number of ether oxygens (including phenoxy) is 1. The molecule has 0 radical (unpaired) electrons. The molecule has 0 aromatic heterocycles. The minimum Gasteiger partial charge on any atom is -0.496 e. The number of likely N-dealkylation sites (N-methyl/N-ethyl adjacent to an activating group) is 1. The van der Waals surface area contributed by atoms with Crippen molar-refractivity contribution in [1.29, 1.82) is 0 Å². The Labute approximate surface area is 112 Å². The molecule has 1 aromatic rings. The highest BCUT2D eigenvalue weighted by molar-refractivity contribution is 6.31. The topological polar surface area (TPSA) is 49.8 Å². The maximum Gasteiger partial charge on any atom is 0.320 e. The fourth-order valence-electron chi connectivity index (χ4n) is 1.92. The lowest BCUT2D eigenvalue weighted by atomic mass is 10.1. The Balaban J connectivity index is 2.93. The maximum absolute atomic E-state index is 11.1. The van der Waals surface area contributed by atoms with Crippen LogP contribution in [0.3, 0.4) is 0 Å². The number of carboxylic acid groups (broad SMARTS) is 1. The van der Waals surface area contributed by atoms with Gasteiger partial charge in [-0.3, -0.25) is 9.69 Å². The van der Waals surface area contributed by atoms with E-state index in [2.05, 4.69) is 0 Å². The molecule has 100 valence electrons. The third-order valence-electron chi connectivity index (χ3n) is 2.91. The van der Waals surface area contributed by atoms with Crippen LogP contribution < -0.4 is 4.74 Å². The predicted molar refractivity (Wildman–Crippen MR) is 71.2 cm³/mol. The summed E-state index contributed by atoms with van der Waals surface area (Å²) < 4.78 is 5.24. The van der Waals surface area contributed by atoms with Crippen LogP contribution in [-0.4, -0.2) is 36.2 Å². The van der Waals surface area contributed by atoms with Crippen LogP contribution >= 0.6 is 11.6 Å². The number of hydrogen-bond donors (Lipinski definition) is 1. The van der Waals surface area contributed by atoms with Gasteiger partial charge in [0, 0.05) is 17.1 Å². The molecule has 0 saturated carbocycles. The quantitative estimate of drug-likeness (QED) is 0.864. The van der Waals surface area contributed by atoms with E-state index >= 15 is 0 Å². The van der Waals surface area contributed by atoms with Gasteiger partial charge in [-0.25, -0.2) is 0 Å². The van der Waals surface area contributed by atoms with Gasteiger partial charge in [-0.05, 0) is 25.6 Å². The molecule has 1 aromatic carbocycles. The molecule has 1 atom stereocenters. The Hall–Kier alpha value is -1.26. The average Bonchev–Trinajstić information content (AvgIpc) is 2.32. The van der Waals surface area contributed by atoms with Crippen molar-refractivity contribution in [2.24, 2.45) is 0 Å². The second-order valence-corrected chi connectivity index (χ2v) is 4.51. The number of methoxy groups -OCH3 is 1. The number of halogens is 1. The maximum atomic E-state index is 11.1. The molecule has 0 heterocycles. The van der Waals surface area contributed by atoms with Gasteiger partial charge in [-0.15, -0.1) is 0 Å². The molecule has 1 unspecified atom stereocenters. The lowest BCUT2D eigenvalue weighted by molar-refractivity contribution is -0.143. The molecule has 1 N–H and O–H groups in total. The third-order valence-corrected chi connectivity index (χ3v) is 3.26. The molecule has 4 nitrogen and oxygen atoms in total. The van der Waals surface area contributed by atoms with Gasteiger partial charge < -0.3 is 9.84 Å². The highest BCUT2D eigenvalue weighted by Crippen LogP contribution is 2.27. The number of rotatable bonds is 6. The number of carbonyl (C=O) groups is 1. The molecule has 0 aliphatic carbocycles. The second-order valence-electron chi connectivity index (χ2n) is 4.10. The van der Waals surface area contributed by atoms with E-state index in [9.17, 15) is 4.79 Å². The highest BCUT2D eigenvalue weighted by Gasteiger charge is 2.22. The van der Waals surface area contributed by atoms with Crippen molar-refractivity contribution < 1.29 is 14.6 Å². The van der Waals surface area contributed by atoms with Crippen LogP contribution in [-0.2, 0) is 11.3 Å². The molecule has 0 amide bonds. The van der Waals surface area contributed by atoms with Crippen LogP contribution in [0.4, 0.5) is 0 Å². The molecule has 5 heteroatoms. The first kappa shape index (κ1) is 14.8. The summed E-state index contributed by atoms with van der Waals surface area (Å²) in [5.74, 6) is -0.152. The Kier molecular flexibility index (Phi) is 5.44. The summed E-state index contributed by atoms with van der Waals surface area (Å²) in [6, 6.07) is 4.87. The number of aliphatic carboxylic acids is 1. The zero-order valence-corrected chi connectivity index (χ0v) is 11.6. The van der Waals surface area contributed by atoms with E-state index in [0.717, 1.165) is 5.56 Å². The number of hydrogen-bond acceptors (Lipinski definition) is 3. The van der Waals surface area contributed by atoms with E-state index in [-0.39, 0.29) is 0 Å². The Morgan fingerprint density at radius 1 is 1.56 bits per heavy atom. The van der Waals surface area contributed by atoms with Gasteiger partial charge in [0.2, 0.25) is 0 Å². The molecule has 1 rings (SSSR count). The Morgan fingerprint density at radius 3 is 2.72 bits per heavy atom. The summed E-state index contributed by atoms with van der Waals surface area (Å²) in [7, 11) is 3.34. The van der Waals surface area contributed by atoms with Gasteiger partial charge in [0.05, 0.1) is 7.11 Å². The van der Waals surface area contributed by atoms with Crippen LogP contribution in [0.2, 0.25) is 5.02 Å². The van der Waals surface area contributed by atoms with Gasteiger partial charge in [0.25, 0.3) is 0 Å². The lowest BCUT2D eigenvalue weighted by Crippen LogP contribution is -2.37. The number of benzene rings is 1. The zero-order valence-electron chi connectivity index (χ0n) is 10.8. The molecule has 0 fully saturated rings. The summed E-state index contributed by atoms with van der Waals surface area (Å²) in [6.45, 7) is 2.28. The molecule has 0 bridgehead atoms. The van der Waals surface area contributed by atoms with Gasteiger partial charge in [0.15, 0.2) is 0 Å². The molecular weight excluding hydrogens is 254 g/mol. The van der Waals surface area contributed by atoms with Crippen molar-refractivity contribution in [3.05, 3.63) is 28.8 Å². The SMILES string of the molecule is CCC(C(=O)O)N(C)Cc1c(Cl)cccc1OC. The summed E-state index contributed by atoms with van der Waals surface area (Å²) in [4.78, 5) is 12.9. The summed E-state index contributed by atoms with van der Waals surface area (Å²) in [5.41, 5.74) is 0.809. The fraction of sp³-hybridized carbons (Fsp3) is 0.462. The van der Waals surface area contributed by atoms with E-state index in [1.54, 1.807) is 31.2 Å². The Morgan fingerprint density at radius 2 is 2.22 bits per heavy atom. The van der Waals surface area contributed by atoms with E-state index in [1.165, 1.54) is 0 Å². The van der Waals surface area contributed by atoms with Gasteiger partial charge >= 0.3 is 5.97 Å². The molecule has 0 aliphatic heterocycles. The predicted octanol–water partition coefficient (Wildman–Crippen LogP) is 2.64. The summed E-state index contributed by atoms with van der Waals surface area (Å²) in [5, 5.41) is 9.70. The van der Waals surface area contributed by atoms with Crippen LogP contribution in [0.5, 0.6) is 5.75 Å². The minimum atomic E-state index is -0.828. The van der Waals surface area contributed by atoms with Crippen molar-refractivity contribution >= 4 is 17.6 Å². The standard InChI is InChI=1S/C13H18ClNO3/c1-4-11(13(16)17)15(2)8-9-10(14)6-5-7-12(9)18-3/h5-7,11H,4,8H2,1-3H3,(H,16,17). The van der Waals surface area contributed by atoms with Crippen molar-refractivity contribution in [2.45, 2.75) is 25.9 Å². The monoisotopic (exact) mass is 271 g/mol. The normalized spacial score (nSPS) is 12.5. The molecule has 0 aliphatic rings. The van der Waals surface area contributed by atoms with Gasteiger partial charge in [0.1, 0.15) is 11.8 Å². The van der Waals surface area contributed by atoms with Gasteiger partial charge in [-0.2, -0.15) is 0 Å². The van der Waals surface area contributed by atoms with Crippen LogP contribution in [0.1, 0.15) is 18.9 Å². The smallest absolute Gasteiger partial charge is 0.320 e.